The number of halogens is 2. The molecule has 5 nitrogen and oxygen atoms in total. The van der Waals surface area contributed by atoms with Gasteiger partial charge in [0.1, 0.15) is 17.2 Å². The Bertz CT molecular complexity index is 913. The number of nitrogens with one attached hydrogen (secondary N) is 2. The van der Waals surface area contributed by atoms with Crippen LogP contribution >= 0.6 is 0 Å². The summed E-state index contributed by atoms with van der Waals surface area (Å²) in [4.78, 5) is 27.5. The molecule has 0 aromatic heterocycles. The monoisotopic (exact) mass is 399 g/mol. The van der Waals surface area contributed by atoms with E-state index in [1.807, 2.05) is 0 Å². The fourth-order valence-corrected chi connectivity index (χ4v) is 4.39. The van der Waals surface area contributed by atoms with Crippen LogP contribution in [0.3, 0.4) is 0 Å². The SMILES string of the molecule is O=C1NC(Cc2ccc(F)cc2)(C2CCNCC2)C(=O)N1Cc1cccc(F)c1. The first-order valence-corrected chi connectivity index (χ1v) is 9.82. The molecular formula is C22H23F2N3O2. The molecule has 2 aromatic carbocycles. The van der Waals surface area contributed by atoms with E-state index in [1.54, 1.807) is 24.3 Å². The number of amides is 3. The van der Waals surface area contributed by atoms with E-state index in [0.717, 1.165) is 31.5 Å². The molecule has 0 aliphatic carbocycles. The Morgan fingerprint density at radius 3 is 2.38 bits per heavy atom. The summed E-state index contributed by atoms with van der Waals surface area (Å²) in [6.07, 6.45) is 1.80. The van der Waals surface area contributed by atoms with Crippen molar-refractivity contribution in [3.05, 3.63) is 71.3 Å². The summed E-state index contributed by atoms with van der Waals surface area (Å²) < 4.78 is 26.9. The Kier molecular flexibility index (Phi) is 5.32. The van der Waals surface area contributed by atoms with E-state index in [-0.39, 0.29) is 24.2 Å². The molecule has 2 N–H and O–H groups in total. The second kappa shape index (κ2) is 7.91. The lowest BCUT2D eigenvalue weighted by molar-refractivity contribution is -0.134. The average molecular weight is 399 g/mol. The Balaban J connectivity index is 1.65. The molecule has 2 aliphatic rings. The zero-order chi connectivity index (χ0) is 20.4. The number of carbonyl (C=O) groups excluding carboxylic acids is 2. The van der Waals surface area contributed by atoms with Crippen LogP contribution in [-0.4, -0.2) is 35.5 Å². The van der Waals surface area contributed by atoms with Crippen molar-refractivity contribution in [2.45, 2.75) is 31.3 Å². The molecule has 152 valence electrons. The third-order valence-corrected chi connectivity index (χ3v) is 5.86. The second-order valence-corrected chi connectivity index (χ2v) is 7.75. The van der Waals surface area contributed by atoms with Gasteiger partial charge in [-0.05, 0) is 67.2 Å². The lowest BCUT2D eigenvalue weighted by atomic mass is 9.74. The van der Waals surface area contributed by atoms with Crippen molar-refractivity contribution in [3.8, 4) is 0 Å². The maximum Gasteiger partial charge on any atom is 0.325 e. The van der Waals surface area contributed by atoms with Crippen molar-refractivity contribution in [1.82, 2.24) is 15.5 Å². The number of hydrogen-bond donors (Lipinski definition) is 2. The number of carbonyl (C=O) groups is 2. The summed E-state index contributed by atoms with van der Waals surface area (Å²) in [7, 11) is 0. The molecule has 0 radical (unpaired) electrons. The van der Waals surface area contributed by atoms with Crippen LogP contribution in [0.25, 0.3) is 0 Å². The van der Waals surface area contributed by atoms with E-state index in [2.05, 4.69) is 10.6 Å². The Hall–Kier alpha value is -2.80. The molecule has 2 aliphatic heterocycles. The van der Waals surface area contributed by atoms with Gasteiger partial charge in [0, 0.05) is 6.42 Å². The molecule has 2 fully saturated rings. The van der Waals surface area contributed by atoms with Crippen molar-refractivity contribution in [2.24, 2.45) is 5.92 Å². The largest absolute Gasteiger partial charge is 0.325 e. The molecule has 2 heterocycles. The van der Waals surface area contributed by atoms with Crippen LogP contribution in [0.5, 0.6) is 0 Å². The number of nitrogens with zero attached hydrogens (tertiary/aromatic N) is 1. The molecule has 2 saturated heterocycles. The van der Waals surface area contributed by atoms with Crippen LogP contribution in [0, 0.1) is 17.6 Å². The lowest BCUT2D eigenvalue weighted by Crippen LogP contribution is -2.57. The number of hydrogen-bond acceptors (Lipinski definition) is 3. The Morgan fingerprint density at radius 2 is 1.69 bits per heavy atom. The van der Waals surface area contributed by atoms with Crippen LogP contribution in [0.4, 0.5) is 13.6 Å². The molecular weight excluding hydrogens is 376 g/mol. The number of benzene rings is 2. The van der Waals surface area contributed by atoms with Crippen LogP contribution < -0.4 is 10.6 Å². The van der Waals surface area contributed by atoms with Gasteiger partial charge in [-0.1, -0.05) is 24.3 Å². The molecule has 1 atom stereocenters. The van der Waals surface area contributed by atoms with Crippen molar-refractivity contribution < 1.29 is 18.4 Å². The summed E-state index contributed by atoms with van der Waals surface area (Å²) in [5.41, 5.74) is 0.257. The minimum Gasteiger partial charge on any atom is -0.322 e. The van der Waals surface area contributed by atoms with E-state index < -0.39 is 17.4 Å². The van der Waals surface area contributed by atoms with E-state index in [4.69, 9.17) is 0 Å². The number of imide groups is 1. The fraction of sp³-hybridized carbons (Fsp3) is 0.364. The minimum absolute atomic E-state index is 0.0125. The van der Waals surface area contributed by atoms with Gasteiger partial charge in [-0.15, -0.1) is 0 Å². The van der Waals surface area contributed by atoms with Crippen LogP contribution in [0.15, 0.2) is 48.5 Å². The standard InChI is InChI=1S/C22H23F2N3O2/c23-18-6-4-15(5-7-18)13-22(17-8-10-25-11-9-17)20(28)27(21(29)26-22)14-16-2-1-3-19(24)12-16/h1-7,12,17,25H,8-11,13-14H2,(H,26,29). The molecule has 2 aromatic rings. The quantitative estimate of drug-likeness (QED) is 0.760. The maximum absolute atomic E-state index is 13.6. The fourth-order valence-electron chi connectivity index (χ4n) is 4.39. The first-order chi connectivity index (χ1) is 14.0. The van der Waals surface area contributed by atoms with Crippen LogP contribution in [0.1, 0.15) is 24.0 Å². The van der Waals surface area contributed by atoms with Crippen molar-refractivity contribution in [2.75, 3.05) is 13.1 Å². The van der Waals surface area contributed by atoms with Gasteiger partial charge >= 0.3 is 6.03 Å². The number of piperidine rings is 1. The molecule has 0 saturated carbocycles. The van der Waals surface area contributed by atoms with Crippen molar-refractivity contribution in [3.63, 3.8) is 0 Å². The first kappa shape index (κ1) is 19.5. The zero-order valence-electron chi connectivity index (χ0n) is 16.0. The van der Waals surface area contributed by atoms with Gasteiger partial charge in [0.25, 0.3) is 5.91 Å². The summed E-state index contributed by atoms with van der Waals surface area (Å²) >= 11 is 0. The van der Waals surface area contributed by atoms with Gasteiger partial charge in [0.2, 0.25) is 0 Å². The highest BCUT2D eigenvalue weighted by Gasteiger charge is 2.55. The van der Waals surface area contributed by atoms with Gasteiger partial charge in [0.15, 0.2) is 0 Å². The predicted molar refractivity (Wildman–Crippen MR) is 104 cm³/mol. The molecule has 0 spiro atoms. The summed E-state index contributed by atoms with van der Waals surface area (Å²) in [6.45, 7) is 1.55. The Labute approximate surface area is 168 Å². The van der Waals surface area contributed by atoms with E-state index in [1.165, 1.54) is 29.2 Å². The normalized spacial score (nSPS) is 22.8. The number of rotatable bonds is 5. The predicted octanol–water partition coefficient (Wildman–Crippen LogP) is 3.00. The first-order valence-electron chi connectivity index (χ1n) is 9.82. The molecule has 4 rings (SSSR count). The summed E-state index contributed by atoms with van der Waals surface area (Å²) in [5.74, 6) is -1.10. The smallest absolute Gasteiger partial charge is 0.322 e. The van der Waals surface area contributed by atoms with Crippen molar-refractivity contribution >= 4 is 11.9 Å². The van der Waals surface area contributed by atoms with Crippen LogP contribution in [0.2, 0.25) is 0 Å². The third kappa shape index (κ3) is 3.87. The van der Waals surface area contributed by atoms with Crippen LogP contribution in [-0.2, 0) is 17.8 Å². The van der Waals surface area contributed by atoms with Gasteiger partial charge in [-0.25, -0.2) is 13.6 Å². The topological polar surface area (TPSA) is 61.4 Å². The number of urea groups is 1. The second-order valence-electron chi connectivity index (χ2n) is 7.75. The third-order valence-electron chi connectivity index (χ3n) is 5.86. The minimum atomic E-state index is -1.08. The average Bonchev–Trinajstić information content (AvgIpc) is 2.95. The zero-order valence-corrected chi connectivity index (χ0v) is 16.0. The van der Waals surface area contributed by atoms with E-state index in [9.17, 15) is 18.4 Å². The molecule has 0 bridgehead atoms. The molecule has 3 amide bonds. The summed E-state index contributed by atoms with van der Waals surface area (Å²) in [5, 5.41) is 6.24. The highest BCUT2D eigenvalue weighted by molar-refractivity contribution is 6.07. The Morgan fingerprint density at radius 1 is 0.966 bits per heavy atom. The van der Waals surface area contributed by atoms with Crippen molar-refractivity contribution in [1.29, 1.82) is 0 Å². The highest BCUT2D eigenvalue weighted by atomic mass is 19.1. The molecule has 7 heteroatoms. The van der Waals surface area contributed by atoms with E-state index in [0.29, 0.717) is 12.0 Å². The van der Waals surface area contributed by atoms with Gasteiger partial charge in [-0.2, -0.15) is 0 Å². The van der Waals surface area contributed by atoms with E-state index >= 15 is 0 Å². The molecule has 1 unspecified atom stereocenters. The molecule has 29 heavy (non-hydrogen) atoms. The van der Waals surface area contributed by atoms with Gasteiger partial charge < -0.3 is 10.6 Å². The summed E-state index contributed by atoms with van der Waals surface area (Å²) in [6, 6.07) is 11.4. The van der Waals surface area contributed by atoms with Gasteiger partial charge in [0.05, 0.1) is 6.54 Å². The highest BCUT2D eigenvalue weighted by Crippen LogP contribution is 2.36. The van der Waals surface area contributed by atoms with Gasteiger partial charge in [-0.3, -0.25) is 9.69 Å². The maximum atomic E-state index is 13.6. The lowest BCUT2D eigenvalue weighted by Gasteiger charge is -2.38.